The topological polar surface area (TPSA) is 86.8 Å². The molecule has 2 N–H and O–H groups in total. The van der Waals surface area contributed by atoms with E-state index in [9.17, 15) is 15.0 Å². The maximum atomic E-state index is 13.4. The van der Waals surface area contributed by atoms with Gasteiger partial charge in [0.2, 0.25) is 5.76 Å². The second-order valence-electron chi connectivity index (χ2n) is 8.14. The molecule has 1 amide bonds. The molecule has 0 unspecified atom stereocenters. The Morgan fingerprint density at radius 3 is 2.67 bits per heavy atom. The molecule has 1 aromatic carbocycles. The smallest absolute Gasteiger partial charge is 0.293 e. The van der Waals surface area contributed by atoms with Crippen LogP contribution in [0.25, 0.3) is 0 Å². The van der Waals surface area contributed by atoms with Gasteiger partial charge in [-0.2, -0.15) is 0 Å². The number of hydrogen-bond acceptors (Lipinski definition) is 5. The quantitative estimate of drug-likeness (QED) is 0.849. The highest BCUT2D eigenvalue weighted by Gasteiger charge is 2.57. The van der Waals surface area contributed by atoms with E-state index < -0.39 is 17.6 Å². The molecule has 144 valence electrons. The molecule has 5 atom stereocenters. The number of carbonyl (C=O) groups excluding carboxylic acids is 1. The molecule has 0 bridgehead atoms. The molecule has 2 aromatic rings. The van der Waals surface area contributed by atoms with Crippen LogP contribution in [-0.2, 0) is 0 Å². The molecule has 0 spiro atoms. The van der Waals surface area contributed by atoms with Crippen LogP contribution >= 0.6 is 0 Å². The van der Waals surface area contributed by atoms with Gasteiger partial charge in [-0.1, -0.05) is 42.4 Å². The fraction of sp³-hybridized carbons (Fsp3) is 0.524. The van der Waals surface area contributed by atoms with Gasteiger partial charge in [-0.25, -0.2) is 0 Å². The van der Waals surface area contributed by atoms with E-state index in [0.29, 0.717) is 18.5 Å². The van der Waals surface area contributed by atoms with Crippen molar-refractivity contribution >= 4 is 5.91 Å². The molecule has 4 rings (SSSR count). The minimum Gasteiger partial charge on any atom is -0.390 e. The third kappa shape index (κ3) is 2.97. The van der Waals surface area contributed by atoms with E-state index in [2.05, 4.69) is 5.16 Å². The number of carbonyl (C=O) groups is 1. The number of aryl methyl sites for hydroxylation is 1. The number of aromatic nitrogens is 1. The molecule has 2 heterocycles. The van der Waals surface area contributed by atoms with Gasteiger partial charge in [-0.05, 0) is 38.2 Å². The largest absolute Gasteiger partial charge is 0.390 e. The van der Waals surface area contributed by atoms with Crippen molar-refractivity contribution in [2.75, 3.05) is 0 Å². The van der Waals surface area contributed by atoms with Crippen molar-refractivity contribution in [3.05, 3.63) is 53.4 Å². The molecule has 6 nitrogen and oxygen atoms in total. The summed E-state index contributed by atoms with van der Waals surface area (Å²) in [5.74, 6) is 0.0127. The zero-order valence-electron chi connectivity index (χ0n) is 15.7. The first-order valence-electron chi connectivity index (χ1n) is 9.59. The Bertz CT molecular complexity index is 821. The van der Waals surface area contributed by atoms with Crippen LogP contribution in [0.1, 0.15) is 60.5 Å². The van der Waals surface area contributed by atoms with Crippen LogP contribution in [0.15, 0.2) is 40.9 Å². The van der Waals surface area contributed by atoms with E-state index in [4.69, 9.17) is 4.52 Å². The van der Waals surface area contributed by atoms with Gasteiger partial charge in [0.1, 0.15) is 0 Å². The first-order chi connectivity index (χ1) is 12.9. The Labute approximate surface area is 158 Å². The van der Waals surface area contributed by atoms with E-state index in [1.165, 1.54) is 0 Å². The fourth-order valence-corrected chi connectivity index (χ4v) is 4.92. The summed E-state index contributed by atoms with van der Waals surface area (Å²) < 4.78 is 5.26. The second-order valence-corrected chi connectivity index (χ2v) is 8.14. The van der Waals surface area contributed by atoms with E-state index in [0.717, 1.165) is 18.4 Å². The van der Waals surface area contributed by atoms with Crippen molar-refractivity contribution in [1.29, 1.82) is 0 Å². The molecule has 2 aliphatic rings. The minimum absolute atomic E-state index is 0.173. The summed E-state index contributed by atoms with van der Waals surface area (Å²) in [6.07, 6.45) is 1.02. The number of nitrogens with zero attached hydrogens (tertiary/aromatic N) is 2. The maximum absolute atomic E-state index is 13.4. The van der Waals surface area contributed by atoms with Crippen molar-refractivity contribution in [1.82, 2.24) is 10.1 Å². The van der Waals surface area contributed by atoms with E-state index in [-0.39, 0.29) is 23.8 Å². The lowest BCUT2D eigenvalue weighted by Gasteiger charge is -2.38. The van der Waals surface area contributed by atoms with Crippen LogP contribution in [0.2, 0.25) is 0 Å². The van der Waals surface area contributed by atoms with Crippen LogP contribution in [0.3, 0.4) is 0 Å². The predicted octanol–water partition coefficient (Wildman–Crippen LogP) is 2.85. The molecule has 6 heteroatoms. The van der Waals surface area contributed by atoms with Crippen LogP contribution in [-0.4, -0.2) is 44.4 Å². The van der Waals surface area contributed by atoms with Crippen LogP contribution in [0.4, 0.5) is 0 Å². The minimum atomic E-state index is -0.870. The molecule has 1 saturated heterocycles. The fourth-order valence-electron chi connectivity index (χ4n) is 4.92. The third-order valence-electron chi connectivity index (χ3n) is 6.34. The summed E-state index contributed by atoms with van der Waals surface area (Å²) in [6, 6.07) is 11.2. The standard InChI is InChI=1S/C21H26N2O4/c1-13-11-17(27-22-13)20(26)23-15(14-7-4-3-5-8-14)12-21(2)18(23)10-6-9-16(24)19(21)25/h3-5,7-8,11,15-16,18-19,24-25H,6,9-10,12H2,1-2H3/t15-,16-,18-,19+,21-/m1/s1. The number of aliphatic hydroxyl groups is 2. The monoisotopic (exact) mass is 370 g/mol. The highest BCUT2D eigenvalue weighted by molar-refractivity contribution is 5.92. The lowest BCUT2D eigenvalue weighted by Crippen LogP contribution is -2.49. The van der Waals surface area contributed by atoms with Gasteiger partial charge >= 0.3 is 0 Å². The van der Waals surface area contributed by atoms with Gasteiger partial charge in [0.25, 0.3) is 5.91 Å². The van der Waals surface area contributed by atoms with Gasteiger partial charge in [-0.3, -0.25) is 4.79 Å². The first kappa shape index (κ1) is 18.2. The van der Waals surface area contributed by atoms with E-state index >= 15 is 0 Å². The van der Waals surface area contributed by atoms with E-state index in [1.54, 1.807) is 13.0 Å². The van der Waals surface area contributed by atoms with Crippen molar-refractivity contribution in [2.45, 2.75) is 63.8 Å². The molecule has 2 fully saturated rings. The van der Waals surface area contributed by atoms with Gasteiger partial charge in [0.05, 0.1) is 23.9 Å². The molecule has 27 heavy (non-hydrogen) atoms. The summed E-state index contributed by atoms with van der Waals surface area (Å²) in [6.45, 7) is 3.78. The normalized spacial score (nSPS) is 33.6. The van der Waals surface area contributed by atoms with E-state index in [1.807, 2.05) is 42.2 Å². The van der Waals surface area contributed by atoms with Crippen molar-refractivity contribution in [3.8, 4) is 0 Å². The second kappa shape index (κ2) is 6.77. The predicted molar refractivity (Wildman–Crippen MR) is 99.0 cm³/mol. The molecular weight excluding hydrogens is 344 g/mol. The number of fused-ring (bicyclic) bond motifs is 1. The Morgan fingerprint density at radius 2 is 2.00 bits per heavy atom. The average molecular weight is 370 g/mol. The van der Waals surface area contributed by atoms with Crippen molar-refractivity contribution in [2.24, 2.45) is 5.41 Å². The maximum Gasteiger partial charge on any atom is 0.293 e. The van der Waals surface area contributed by atoms with Gasteiger partial charge in [-0.15, -0.1) is 0 Å². The number of rotatable bonds is 2. The van der Waals surface area contributed by atoms with Crippen LogP contribution < -0.4 is 0 Å². The lowest BCUT2D eigenvalue weighted by molar-refractivity contribution is -0.0613. The molecule has 0 radical (unpaired) electrons. The summed E-state index contributed by atoms with van der Waals surface area (Å²) in [7, 11) is 0. The number of likely N-dealkylation sites (tertiary alicyclic amines) is 1. The number of hydrogen-bond donors (Lipinski definition) is 2. The molecule has 1 aliphatic heterocycles. The SMILES string of the molecule is Cc1cc(C(=O)N2[C@@H](c3ccccc3)C[C@@]3(C)[C@@H](O)[C@H](O)CCC[C@@H]23)on1. The van der Waals surface area contributed by atoms with Crippen LogP contribution in [0, 0.1) is 12.3 Å². The van der Waals surface area contributed by atoms with Crippen molar-refractivity contribution < 1.29 is 19.5 Å². The van der Waals surface area contributed by atoms with Crippen molar-refractivity contribution in [3.63, 3.8) is 0 Å². The Morgan fingerprint density at radius 1 is 1.26 bits per heavy atom. The molecule has 1 aliphatic carbocycles. The van der Waals surface area contributed by atoms with Crippen LogP contribution in [0.5, 0.6) is 0 Å². The number of amides is 1. The first-order valence-corrected chi connectivity index (χ1v) is 9.59. The Hall–Kier alpha value is -2.18. The molecular formula is C21H26N2O4. The Kier molecular flexibility index (Phi) is 4.56. The lowest BCUT2D eigenvalue weighted by atomic mass is 9.74. The summed E-state index contributed by atoms with van der Waals surface area (Å²) >= 11 is 0. The summed E-state index contributed by atoms with van der Waals surface area (Å²) in [5.41, 5.74) is 1.10. The Balaban J connectivity index is 1.79. The summed E-state index contributed by atoms with van der Waals surface area (Å²) in [5, 5.41) is 25.2. The highest BCUT2D eigenvalue weighted by atomic mass is 16.5. The zero-order valence-corrected chi connectivity index (χ0v) is 15.7. The van der Waals surface area contributed by atoms with Gasteiger partial charge in [0.15, 0.2) is 0 Å². The average Bonchev–Trinajstić information content (AvgIpc) is 3.21. The molecule has 1 aromatic heterocycles. The van der Waals surface area contributed by atoms with Gasteiger partial charge in [0, 0.05) is 17.5 Å². The third-order valence-corrected chi connectivity index (χ3v) is 6.34. The molecule has 1 saturated carbocycles. The highest BCUT2D eigenvalue weighted by Crippen LogP contribution is 2.53. The summed E-state index contributed by atoms with van der Waals surface area (Å²) in [4.78, 5) is 15.2. The number of benzene rings is 1. The zero-order chi connectivity index (χ0) is 19.2. The van der Waals surface area contributed by atoms with Gasteiger partial charge < -0.3 is 19.6 Å². The number of aliphatic hydroxyl groups excluding tert-OH is 2.